The second-order valence-electron chi connectivity index (χ2n) is 7.39. The van der Waals surface area contributed by atoms with Crippen LogP contribution in [0.2, 0.25) is 0 Å². The van der Waals surface area contributed by atoms with Gasteiger partial charge in [0.15, 0.2) is 11.5 Å². The van der Waals surface area contributed by atoms with Crippen molar-refractivity contribution in [3.63, 3.8) is 0 Å². The summed E-state index contributed by atoms with van der Waals surface area (Å²) in [6.45, 7) is 2.04. The minimum Gasteiger partial charge on any atom is -0.493 e. The van der Waals surface area contributed by atoms with Crippen LogP contribution >= 0.6 is 15.9 Å². The summed E-state index contributed by atoms with van der Waals surface area (Å²) >= 11 is 3.61. The highest BCUT2D eigenvalue weighted by Gasteiger charge is 2.14. The van der Waals surface area contributed by atoms with Crippen LogP contribution in [-0.4, -0.2) is 31.2 Å². The normalized spacial score (nSPS) is 11.6. The van der Waals surface area contributed by atoms with Crippen LogP contribution in [0.1, 0.15) is 35.7 Å². The Morgan fingerprint density at radius 3 is 2.58 bits per heavy atom. The molecule has 2 aromatic carbocycles. The highest BCUT2D eigenvalue weighted by atomic mass is 79.9. The lowest BCUT2D eigenvalue weighted by Crippen LogP contribution is -2.32. The third kappa shape index (κ3) is 6.07. The molecule has 0 saturated carbocycles. The van der Waals surface area contributed by atoms with Gasteiger partial charge in [0.25, 0.3) is 5.91 Å². The van der Waals surface area contributed by atoms with Gasteiger partial charge in [0.05, 0.1) is 14.2 Å². The topological polar surface area (TPSA) is 60.5 Å². The van der Waals surface area contributed by atoms with Gasteiger partial charge >= 0.3 is 0 Å². The van der Waals surface area contributed by atoms with E-state index in [0.717, 1.165) is 34.9 Å². The Hall–Kier alpha value is -2.86. The van der Waals surface area contributed by atoms with Gasteiger partial charge < -0.3 is 14.8 Å². The molecule has 0 spiro atoms. The molecule has 0 saturated heterocycles. The zero-order valence-electron chi connectivity index (χ0n) is 18.0. The van der Waals surface area contributed by atoms with Crippen molar-refractivity contribution < 1.29 is 14.3 Å². The van der Waals surface area contributed by atoms with Crippen LogP contribution in [0.25, 0.3) is 11.1 Å². The first-order chi connectivity index (χ1) is 15.0. The third-order valence-corrected chi connectivity index (χ3v) is 5.78. The molecule has 0 unspecified atom stereocenters. The third-order valence-electron chi connectivity index (χ3n) is 5.13. The van der Waals surface area contributed by atoms with Crippen molar-refractivity contribution in [3.05, 3.63) is 76.5 Å². The number of carbonyl (C=O) groups is 1. The molecule has 0 aliphatic carbocycles. The minimum absolute atomic E-state index is 0.0755. The van der Waals surface area contributed by atoms with E-state index in [1.807, 2.05) is 55.6 Å². The largest absolute Gasteiger partial charge is 0.493 e. The predicted octanol–water partition coefficient (Wildman–Crippen LogP) is 5.67. The zero-order chi connectivity index (χ0) is 22.2. The maximum Gasteiger partial charge on any atom is 0.251 e. The van der Waals surface area contributed by atoms with E-state index in [-0.39, 0.29) is 11.9 Å². The molecule has 5 nitrogen and oxygen atoms in total. The van der Waals surface area contributed by atoms with Crippen LogP contribution in [0.3, 0.4) is 0 Å². The molecule has 0 radical (unpaired) electrons. The molecule has 6 heteroatoms. The molecular formula is C25H27BrN2O3. The van der Waals surface area contributed by atoms with E-state index < -0.39 is 0 Å². The second kappa shape index (κ2) is 11.0. The molecule has 1 N–H and O–H groups in total. The monoisotopic (exact) mass is 482 g/mol. The molecule has 0 aliphatic rings. The van der Waals surface area contributed by atoms with Crippen molar-refractivity contribution in [2.24, 2.45) is 0 Å². The van der Waals surface area contributed by atoms with Gasteiger partial charge in [-0.15, -0.1) is 0 Å². The van der Waals surface area contributed by atoms with Crippen molar-refractivity contribution >= 4 is 21.8 Å². The maximum atomic E-state index is 12.7. The number of benzene rings is 2. The van der Waals surface area contributed by atoms with Gasteiger partial charge in [0.2, 0.25) is 0 Å². The van der Waals surface area contributed by atoms with Crippen LogP contribution in [0.5, 0.6) is 11.5 Å². The SMILES string of the molecule is COc1ccc(-c2ccc(C(=O)N[C@H](C)CCCc3cccnc3)cc2Br)cc1OC. The number of aryl methyl sites for hydroxylation is 1. The number of methoxy groups -OCH3 is 2. The molecule has 1 aromatic heterocycles. The van der Waals surface area contributed by atoms with Gasteiger partial charge in [-0.05, 0) is 73.2 Å². The lowest BCUT2D eigenvalue weighted by Gasteiger charge is -2.15. The van der Waals surface area contributed by atoms with E-state index in [1.54, 1.807) is 20.4 Å². The Kier molecular flexibility index (Phi) is 8.06. The van der Waals surface area contributed by atoms with Gasteiger partial charge in [-0.2, -0.15) is 0 Å². The number of amides is 1. The average Bonchev–Trinajstić information content (AvgIpc) is 2.79. The summed E-state index contributed by atoms with van der Waals surface area (Å²) in [5, 5.41) is 3.09. The maximum absolute atomic E-state index is 12.7. The fourth-order valence-electron chi connectivity index (χ4n) is 3.43. The summed E-state index contributed by atoms with van der Waals surface area (Å²) < 4.78 is 11.5. The fourth-order valence-corrected chi connectivity index (χ4v) is 4.04. The number of hydrogen-bond acceptors (Lipinski definition) is 4. The van der Waals surface area contributed by atoms with Gasteiger partial charge in [-0.3, -0.25) is 9.78 Å². The average molecular weight is 483 g/mol. The smallest absolute Gasteiger partial charge is 0.251 e. The lowest BCUT2D eigenvalue weighted by atomic mass is 10.0. The number of nitrogens with zero attached hydrogens (tertiary/aromatic N) is 1. The number of nitrogens with one attached hydrogen (secondary N) is 1. The summed E-state index contributed by atoms with van der Waals surface area (Å²) in [4.78, 5) is 16.8. The van der Waals surface area contributed by atoms with Gasteiger partial charge in [0.1, 0.15) is 0 Å². The Bertz CT molecular complexity index is 1020. The number of rotatable bonds is 9. The molecule has 1 amide bonds. The second-order valence-corrected chi connectivity index (χ2v) is 8.25. The van der Waals surface area contributed by atoms with Crippen molar-refractivity contribution in [2.45, 2.75) is 32.2 Å². The Balaban J connectivity index is 1.61. The van der Waals surface area contributed by atoms with Crippen LogP contribution in [-0.2, 0) is 6.42 Å². The van der Waals surface area contributed by atoms with Crippen LogP contribution in [0.15, 0.2) is 65.4 Å². The van der Waals surface area contributed by atoms with Crippen LogP contribution in [0.4, 0.5) is 0 Å². The number of ether oxygens (including phenoxy) is 2. The van der Waals surface area contributed by atoms with Gasteiger partial charge in [-0.1, -0.05) is 34.1 Å². The minimum atomic E-state index is -0.0755. The lowest BCUT2D eigenvalue weighted by molar-refractivity contribution is 0.0938. The fraction of sp³-hybridized carbons (Fsp3) is 0.280. The van der Waals surface area contributed by atoms with E-state index in [4.69, 9.17) is 9.47 Å². The van der Waals surface area contributed by atoms with E-state index >= 15 is 0 Å². The molecule has 3 aromatic rings. The first-order valence-corrected chi connectivity index (χ1v) is 11.0. The predicted molar refractivity (Wildman–Crippen MR) is 127 cm³/mol. The highest BCUT2D eigenvalue weighted by molar-refractivity contribution is 9.10. The van der Waals surface area contributed by atoms with Gasteiger partial charge in [0, 0.05) is 28.5 Å². The Labute approximate surface area is 191 Å². The van der Waals surface area contributed by atoms with Crippen molar-refractivity contribution in [2.75, 3.05) is 14.2 Å². The number of halogens is 1. The first kappa shape index (κ1) is 22.8. The summed E-state index contributed by atoms with van der Waals surface area (Å²) in [7, 11) is 3.22. The van der Waals surface area contributed by atoms with Gasteiger partial charge in [-0.25, -0.2) is 0 Å². The van der Waals surface area contributed by atoms with Crippen LogP contribution in [0, 0.1) is 0 Å². The first-order valence-electron chi connectivity index (χ1n) is 10.2. The molecule has 162 valence electrons. The molecule has 1 atom stereocenters. The quantitative estimate of drug-likeness (QED) is 0.426. The van der Waals surface area contributed by atoms with E-state index in [0.29, 0.717) is 17.1 Å². The molecule has 0 fully saturated rings. The highest BCUT2D eigenvalue weighted by Crippen LogP contribution is 2.35. The molecule has 3 rings (SSSR count). The van der Waals surface area contributed by atoms with E-state index in [2.05, 4.69) is 32.3 Å². The summed E-state index contributed by atoms with van der Waals surface area (Å²) in [5.41, 5.74) is 3.79. The van der Waals surface area contributed by atoms with Crippen molar-refractivity contribution in [1.29, 1.82) is 0 Å². The molecule has 0 aliphatic heterocycles. The zero-order valence-corrected chi connectivity index (χ0v) is 19.6. The number of pyridine rings is 1. The number of hydrogen-bond donors (Lipinski definition) is 1. The van der Waals surface area contributed by atoms with E-state index in [9.17, 15) is 4.79 Å². The van der Waals surface area contributed by atoms with Crippen molar-refractivity contribution in [1.82, 2.24) is 10.3 Å². The standard InChI is InChI=1S/C25H27BrN2O3/c1-17(6-4-7-18-8-5-13-27-16-18)28-25(29)20-9-11-21(22(26)14-20)19-10-12-23(30-2)24(15-19)31-3/h5,8-17H,4,6-7H2,1-3H3,(H,28,29)/t17-/m1/s1. The van der Waals surface area contributed by atoms with E-state index in [1.165, 1.54) is 5.56 Å². The summed E-state index contributed by atoms with van der Waals surface area (Å²) in [6, 6.07) is 15.5. The molecule has 31 heavy (non-hydrogen) atoms. The number of carbonyl (C=O) groups excluding carboxylic acids is 1. The van der Waals surface area contributed by atoms with Crippen molar-refractivity contribution in [3.8, 4) is 22.6 Å². The summed E-state index contributed by atoms with van der Waals surface area (Å²) in [5.74, 6) is 1.26. The Morgan fingerprint density at radius 2 is 1.90 bits per heavy atom. The summed E-state index contributed by atoms with van der Waals surface area (Å²) in [6.07, 6.45) is 6.53. The Morgan fingerprint density at radius 1 is 1.10 bits per heavy atom. The molecular weight excluding hydrogens is 456 g/mol. The molecule has 1 heterocycles. The molecule has 0 bridgehead atoms. The van der Waals surface area contributed by atoms with Crippen LogP contribution < -0.4 is 14.8 Å². The number of aromatic nitrogens is 1.